The average Bonchev–Trinajstić information content (AvgIpc) is 2.76. The van der Waals surface area contributed by atoms with Crippen LogP contribution >= 0.6 is 0 Å². The maximum absolute atomic E-state index is 11.7. The summed E-state index contributed by atoms with van der Waals surface area (Å²) in [5.74, 6) is 0.183. The van der Waals surface area contributed by atoms with Crippen molar-refractivity contribution in [3.05, 3.63) is 24.3 Å². The zero-order valence-corrected chi connectivity index (χ0v) is 11.3. The van der Waals surface area contributed by atoms with Crippen LogP contribution in [0.5, 0.6) is 0 Å². The Morgan fingerprint density at radius 3 is 2.45 bits per heavy atom. The van der Waals surface area contributed by atoms with Gasteiger partial charge in [0.1, 0.15) is 0 Å². The summed E-state index contributed by atoms with van der Waals surface area (Å²) in [5, 5.41) is 11.1. The predicted octanol–water partition coefficient (Wildman–Crippen LogP) is -0.994. The van der Waals surface area contributed by atoms with Gasteiger partial charge in [-0.05, 0) is 25.2 Å². The molecule has 2 rings (SSSR count). The SMILES string of the molecule is CNS(=O)(=O)c1cccc(NN=C2C(N)=NN=C2N)c1. The molecule has 0 aliphatic carbocycles. The van der Waals surface area contributed by atoms with Crippen LogP contribution in [0.3, 0.4) is 0 Å². The van der Waals surface area contributed by atoms with Gasteiger partial charge in [-0.3, -0.25) is 5.43 Å². The number of hydrogen-bond acceptors (Lipinski definition) is 8. The molecule has 1 heterocycles. The fraction of sp³-hybridized carbons (Fsp3) is 0.100. The first kappa shape index (κ1) is 14.0. The first-order valence-electron chi connectivity index (χ1n) is 5.48. The lowest BCUT2D eigenvalue weighted by atomic mass is 10.3. The summed E-state index contributed by atoms with van der Waals surface area (Å²) in [5.41, 5.74) is 14.4. The lowest BCUT2D eigenvalue weighted by molar-refractivity contribution is 0.588. The molecule has 0 bridgehead atoms. The Labute approximate surface area is 115 Å². The number of hydrogen-bond donors (Lipinski definition) is 4. The van der Waals surface area contributed by atoms with E-state index in [4.69, 9.17) is 11.5 Å². The van der Waals surface area contributed by atoms with E-state index in [-0.39, 0.29) is 22.3 Å². The Kier molecular flexibility index (Phi) is 3.68. The number of nitrogens with zero attached hydrogens (tertiary/aromatic N) is 3. The molecule has 1 aromatic carbocycles. The second kappa shape index (κ2) is 5.27. The third kappa shape index (κ3) is 2.75. The summed E-state index contributed by atoms with van der Waals surface area (Å²) in [7, 11) is -2.18. The molecular weight excluding hydrogens is 282 g/mol. The molecule has 1 aliphatic heterocycles. The van der Waals surface area contributed by atoms with E-state index in [9.17, 15) is 8.42 Å². The van der Waals surface area contributed by atoms with Crippen LogP contribution in [0.15, 0.2) is 44.5 Å². The van der Waals surface area contributed by atoms with Gasteiger partial charge in [-0.25, -0.2) is 13.1 Å². The summed E-state index contributed by atoms with van der Waals surface area (Å²) in [6.45, 7) is 0. The molecule has 0 fully saturated rings. The van der Waals surface area contributed by atoms with E-state index in [2.05, 4.69) is 25.5 Å². The van der Waals surface area contributed by atoms with Gasteiger partial charge in [0.2, 0.25) is 10.0 Å². The second-order valence-electron chi connectivity index (χ2n) is 3.78. The minimum absolute atomic E-state index is 0.0917. The summed E-state index contributed by atoms with van der Waals surface area (Å²) in [6.07, 6.45) is 0. The van der Waals surface area contributed by atoms with Gasteiger partial charge in [0.05, 0.1) is 10.6 Å². The van der Waals surface area contributed by atoms with Crippen LogP contribution in [0.25, 0.3) is 0 Å². The van der Waals surface area contributed by atoms with Crippen LogP contribution in [0.2, 0.25) is 0 Å². The lowest BCUT2D eigenvalue weighted by Crippen LogP contribution is -2.32. The third-order valence-corrected chi connectivity index (χ3v) is 3.87. The standard InChI is InChI=1S/C10H13N7O2S/c1-13-20(18,19)7-4-2-3-6(5-7)14-15-8-9(11)16-17-10(8)12/h2-5,13-14H,1H3,(H4,11,12,15,16,17). The van der Waals surface area contributed by atoms with Crippen molar-refractivity contribution in [3.8, 4) is 0 Å². The Bertz CT molecular complexity index is 701. The van der Waals surface area contributed by atoms with Crippen molar-refractivity contribution in [2.45, 2.75) is 4.90 Å². The molecular formula is C10H13N7O2S. The van der Waals surface area contributed by atoms with Gasteiger partial charge in [-0.2, -0.15) is 5.10 Å². The van der Waals surface area contributed by atoms with Gasteiger partial charge < -0.3 is 11.5 Å². The Morgan fingerprint density at radius 1 is 1.20 bits per heavy atom. The first-order valence-corrected chi connectivity index (χ1v) is 6.97. The molecule has 1 aliphatic rings. The number of benzene rings is 1. The van der Waals surface area contributed by atoms with E-state index < -0.39 is 10.0 Å². The van der Waals surface area contributed by atoms with E-state index in [1.54, 1.807) is 12.1 Å². The molecule has 0 unspecified atom stereocenters. The maximum Gasteiger partial charge on any atom is 0.240 e. The van der Waals surface area contributed by atoms with E-state index in [1.807, 2.05) is 0 Å². The lowest BCUT2D eigenvalue weighted by Gasteiger charge is -2.06. The van der Waals surface area contributed by atoms with Crippen molar-refractivity contribution in [3.63, 3.8) is 0 Å². The van der Waals surface area contributed by atoms with Crippen LogP contribution in [0.1, 0.15) is 0 Å². The zero-order chi connectivity index (χ0) is 14.8. The number of nitrogens with one attached hydrogen (secondary N) is 2. The zero-order valence-electron chi connectivity index (χ0n) is 10.5. The predicted molar refractivity (Wildman–Crippen MR) is 77.0 cm³/mol. The Hall–Kier alpha value is -2.46. The largest absolute Gasteiger partial charge is 0.380 e. The van der Waals surface area contributed by atoms with Crippen LogP contribution in [0.4, 0.5) is 5.69 Å². The molecule has 0 saturated heterocycles. The fourth-order valence-electron chi connectivity index (χ4n) is 1.42. The van der Waals surface area contributed by atoms with Gasteiger partial charge in [0.15, 0.2) is 17.4 Å². The number of nitrogens with two attached hydrogens (primary N) is 2. The summed E-state index contributed by atoms with van der Waals surface area (Å²) in [4.78, 5) is 0.111. The van der Waals surface area contributed by atoms with Crippen LogP contribution < -0.4 is 21.6 Å². The molecule has 0 atom stereocenters. The molecule has 0 spiro atoms. The third-order valence-electron chi connectivity index (χ3n) is 2.46. The van der Waals surface area contributed by atoms with Crippen molar-refractivity contribution in [2.75, 3.05) is 12.5 Å². The van der Waals surface area contributed by atoms with Gasteiger partial charge in [0.25, 0.3) is 0 Å². The molecule has 9 nitrogen and oxygen atoms in total. The fourth-order valence-corrected chi connectivity index (χ4v) is 2.19. The summed E-state index contributed by atoms with van der Waals surface area (Å²) >= 11 is 0. The number of anilines is 1. The van der Waals surface area contributed by atoms with Crippen molar-refractivity contribution >= 4 is 33.1 Å². The highest BCUT2D eigenvalue weighted by atomic mass is 32.2. The number of rotatable bonds is 4. The molecule has 10 heteroatoms. The molecule has 0 radical (unpaired) electrons. The first-order chi connectivity index (χ1) is 9.44. The quantitative estimate of drug-likeness (QED) is 0.526. The Morgan fingerprint density at radius 2 is 1.85 bits per heavy atom. The molecule has 1 aromatic rings. The monoisotopic (exact) mass is 295 g/mol. The summed E-state index contributed by atoms with van der Waals surface area (Å²) < 4.78 is 25.6. The number of hydrazone groups is 1. The van der Waals surface area contributed by atoms with Crippen molar-refractivity contribution in [1.29, 1.82) is 0 Å². The van der Waals surface area contributed by atoms with Gasteiger partial charge in [-0.1, -0.05) is 6.07 Å². The van der Waals surface area contributed by atoms with Gasteiger partial charge >= 0.3 is 0 Å². The highest BCUT2D eigenvalue weighted by molar-refractivity contribution is 7.89. The molecule has 0 amide bonds. The van der Waals surface area contributed by atoms with E-state index in [1.165, 1.54) is 19.2 Å². The molecule has 0 aromatic heterocycles. The van der Waals surface area contributed by atoms with E-state index in [0.717, 1.165) is 0 Å². The van der Waals surface area contributed by atoms with Crippen molar-refractivity contribution in [1.82, 2.24) is 4.72 Å². The van der Waals surface area contributed by atoms with Gasteiger partial charge in [0, 0.05) is 0 Å². The van der Waals surface area contributed by atoms with Crippen molar-refractivity contribution < 1.29 is 8.42 Å². The smallest absolute Gasteiger partial charge is 0.240 e. The van der Waals surface area contributed by atoms with Gasteiger partial charge in [-0.15, -0.1) is 10.2 Å². The molecule has 20 heavy (non-hydrogen) atoms. The highest BCUT2D eigenvalue weighted by Crippen LogP contribution is 2.15. The highest BCUT2D eigenvalue weighted by Gasteiger charge is 2.16. The van der Waals surface area contributed by atoms with Crippen LogP contribution in [-0.4, -0.2) is 32.8 Å². The average molecular weight is 295 g/mol. The van der Waals surface area contributed by atoms with E-state index in [0.29, 0.717) is 5.69 Å². The maximum atomic E-state index is 11.7. The molecule has 6 N–H and O–H groups in total. The number of sulfonamides is 1. The molecule has 0 saturated carbocycles. The summed E-state index contributed by atoms with van der Waals surface area (Å²) in [6, 6.07) is 6.11. The Balaban J connectivity index is 2.24. The number of amidine groups is 2. The second-order valence-corrected chi connectivity index (χ2v) is 5.66. The molecule has 106 valence electrons. The normalized spacial score (nSPS) is 14.8. The van der Waals surface area contributed by atoms with Crippen molar-refractivity contribution in [2.24, 2.45) is 26.8 Å². The minimum atomic E-state index is -3.51. The van der Waals surface area contributed by atoms with Crippen LogP contribution in [-0.2, 0) is 10.0 Å². The van der Waals surface area contributed by atoms with Crippen LogP contribution in [0, 0.1) is 0 Å². The minimum Gasteiger partial charge on any atom is -0.380 e. The topological polar surface area (TPSA) is 147 Å². The van der Waals surface area contributed by atoms with E-state index >= 15 is 0 Å².